The third kappa shape index (κ3) is 6.31. The van der Waals surface area contributed by atoms with E-state index in [0.717, 1.165) is 49.0 Å². The lowest BCUT2D eigenvalue weighted by atomic mass is 10.2. The molecule has 3 heterocycles. The molecule has 5 rings (SSSR count). The second-order valence-corrected chi connectivity index (χ2v) is 9.81. The van der Waals surface area contributed by atoms with Crippen molar-refractivity contribution in [1.82, 2.24) is 9.80 Å². The van der Waals surface area contributed by atoms with Crippen molar-refractivity contribution in [3.8, 4) is 11.5 Å². The van der Waals surface area contributed by atoms with Crippen molar-refractivity contribution in [2.24, 2.45) is 0 Å². The fourth-order valence-electron chi connectivity index (χ4n) is 4.39. The molecule has 182 valence electrons. The molecule has 2 aliphatic rings. The lowest BCUT2D eigenvalue weighted by Gasteiger charge is -2.35. The Balaban J connectivity index is 1.19. The maximum Gasteiger partial charge on any atom is 0.241 e. The first kappa shape index (κ1) is 23.6. The molecule has 0 radical (unpaired) electrons. The molecule has 1 aromatic heterocycles. The predicted octanol–water partition coefficient (Wildman–Crippen LogP) is 4.38. The Morgan fingerprint density at radius 3 is 2.46 bits per heavy atom. The number of thiophene rings is 1. The summed E-state index contributed by atoms with van der Waals surface area (Å²) in [7, 11) is 0. The zero-order valence-electron chi connectivity index (χ0n) is 19.8. The van der Waals surface area contributed by atoms with E-state index in [2.05, 4.69) is 52.3 Å². The predicted molar refractivity (Wildman–Crippen MR) is 141 cm³/mol. The van der Waals surface area contributed by atoms with Gasteiger partial charge in [0, 0.05) is 49.4 Å². The molecule has 0 atom stereocenters. The number of fused-ring (bicyclic) bond motifs is 1. The van der Waals surface area contributed by atoms with Crippen LogP contribution in [0.25, 0.3) is 6.08 Å². The topological polar surface area (TPSA) is 45.3 Å². The van der Waals surface area contributed by atoms with Gasteiger partial charge in [0.25, 0.3) is 0 Å². The minimum Gasteiger partial charge on any atom is -0.486 e. The molecule has 0 spiro atoms. The first-order valence-electron chi connectivity index (χ1n) is 12.1. The molecule has 7 heteroatoms. The van der Waals surface area contributed by atoms with E-state index in [0.29, 0.717) is 32.1 Å². The minimum atomic E-state index is 0.104. The van der Waals surface area contributed by atoms with E-state index >= 15 is 0 Å². The van der Waals surface area contributed by atoms with Crippen LogP contribution in [-0.2, 0) is 11.3 Å². The van der Waals surface area contributed by atoms with Crippen molar-refractivity contribution in [1.29, 1.82) is 0 Å². The SMILES string of the molecule is O=C(CN1CCN(CC=Cc2ccccc2)CC1)N(Cc1cccs1)c1ccc2c(c1)OCCO2. The minimum absolute atomic E-state index is 0.104. The monoisotopic (exact) mass is 489 g/mol. The molecule has 1 fully saturated rings. The summed E-state index contributed by atoms with van der Waals surface area (Å²) in [5, 5.41) is 2.05. The molecule has 0 N–H and O–H groups in total. The number of amides is 1. The van der Waals surface area contributed by atoms with Gasteiger partial charge in [-0.3, -0.25) is 14.6 Å². The zero-order valence-corrected chi connectivity index (χ0v) is 20.7. The summed E-state index contributed by atoms with van der Waals surface area (Å²) in [5.74, 6) is 1.54. The molecule has 1 amide bonds. The molecule has 1 saturated heterocycles. The van der Waals surface area contributed by atoms with E-state index in [-0.39, 0.29) is 5.91 Å². The largest absolute Gasteiger partial charge is 0.486 e. The summed E-state index contributed by atoms with van der Waals surface area (Å²) in [6.45, 7) is 6.67. The molecule has 0 saturated carbocycles. The first-order valence-corrected chi connectivity index (χ1v) is 13.0. The summed E-state index contributed by atoms with van der Waals surface area (Å²) in [4.78, 5) is 21.2. The third-order valence-corrected chi connectivity index (χ3v) is 7.19. The molecule has 6 nitrogen and oxygen atoms in total. The van der Waals surface area contributed by atoms with E-state index in [1.165, 1.54) is 5.56 Å². The number of carbonyl (C=O) groups is 1. The molecule has 0 aliphatic carbocycles. The van der Waals surface area contributed by atoms with Crippen molar-refractivity contribution >= 4 is 29.0 Å². The van der Waals surface area contributed by atoms with Gasteiger partial charge in [0.1, 0.15) is 13.2 Å². The maximum atomic E-state index is 13.5. The van der Waals surface area contributed by atoms with Gasteiger partial charge in [-0.2, -0.15) is 0 Å². The lowest BCUT2D eigenvalue weighted by molar-refractivity contribution is -0.120. The lowest BCUT2D eigenvalue weighted by Crippen LogP contribution is -2.50. The summed E-state index contributed by atoms with van der Waals surface area (Å²) in [6.07, 6.45) is 4.40. The first-order chi connectivity index (χ1) is 17.2. The van der Waals surface area contributed by atoms with Gasteiger partial charge in [0.2, 0.25) is 5.91 Å². The van der Waals surface area contributed by atoms with Crippen LogP contribution in [0.3, 0.4) is 0 Å². The number of benzene rings is 2. The van der Waals surface area contributed by atoms with Crippen LogP contribution < -0.4 is 14.4 Å². The highest BCUT2D eigenvalue weighted by Crippen LogP contribution is 2.34. The molecule has 35 heavy (non-hydrogen) atoms. The Kier molecular flexibility index (Phi) is 7.78. The van der Waals surface area contributed by atoms with Gasteiger partial charge in [-0.25, -0.2) is 0 Å². The van der Waals surface area contributed by atoms with Gasteiger partial charge >= 0.3 is 0 Å². The maximum absolute atomic E-state index is 13.5. The van der Waals surface area contributed by atoms with Crippen molar-refractivity contribution in [3.05, 3.63) is 82.6 Å². The number of hydrogen-bond acceptors (Lipinski definition) is 6. The van der Waals surface area contributed by atoms with Crippen LogP contribution in [0.4, 0.5) is 5.69 Å². The number of anilines is 1. The Bertz CT molecular complexity index is 1130. The Morgan fingerprint density at radius 2 is 1.69 bits per heavy atom. The van der Waals surface area contributed by atoms with Crippen LogP contribution in [-0.4, -0.2) is 68.2 Å². The third-order valence-electron chi connectivity index (χ3n) is 6.33. The van der Waals surface area contributed by atoms with Crippen molar-refractivity contribution in [3.63, 3.8) is 0 Å². The van der Waals surface area contributed by atoms with E-state index in [1.54, 1.807) is 11.3 Å². The second-order valence-electron chi connectivity index (χ2n) is 8.78. The normalized spacial score (nSPS) is 16.5. The van der Waals surface area contributed by atoms with Crippen molar-refractivity contribution in [2.45, 2.75) is 6.54 Å². The summed E-state index contributed by atoms with van der Waals surface area (Å²) in [6, 6.07) is 20.3. The highest BCUT2D eigenvalue weighted by Gasteiger charge is 2.24. The van der Waals surface area contributed by atoms with Gasteiger partial charge in [0.15, 0.2) is 11.5 Å². The van der Waals surface area contributed by atoms with Gasteiger partial charge in [0.05, 0.1) is 13.1 Å². The van der Waals surface area contributed by atoms with Crippen LogP contribution in [0, 0.1) is 0 Å². The summed E-state index contributed by atoms with van der Waals surface area (Å²) in [5.41, 5.74) is 2.07. The fraction of sp³-hybridized carbons (Fsp3) is 0.321. The van der Waals surface area contributed by atoms with Gasteiger partial charge in [-0.05, 0) is 29.1 Å². The Labute approximate surface area is 211 Å². The Morgan fingerprint density at radius 1 is 0.914 bits per heavy atom. The summed E-state index contributed by atoms with van der Waals surface area (Å²) >= 11 is 1.67. The molecule has 2 aromatic carbocycles. The van der Waals surface area contributed by atoms with Crippen LogP contribution in [0.2, 0.25) is 0 Å². The van der Waals surface area contributed by atoms with E-state index in [9.17, 15) is 4.79 Å². The molecule has 0 unspecified atom stereocenters. The number of carbonyl (C=O) groups excluding carboxylic acids is 1. The standard InChI is InChI=1S/C28H31N3O3S/c32-28(22-30-15-13-29(14-16-30)12-4-8-23-6-2-1-3-7-23)31(21-25-9-5-19-35-25)24-10-11-26-27(20-24)34-18-17-33-26/h1-11,19-20H,12-18,21-22H2. The highest BCUT2D eigenvalue weighted by molar-refractivity contribution is 7.09. The van der Waals surface area contributed by atoms with Crippen LogP contribution in [0.1, 0.15) is 10.4 Å². The molecule has 0 bridgehead atoms. The van der Waals surface area contributed by atoms with Gasteiger partial charge in [-0.1, -0.05) is 48.6 Å². The molecule has 2 aliphatic heterocycles. The zero-order chi connectivity index (χ0) is 23.9. The van der Waals surface area contributed by atoms with E-state index in [1.807, 2.05) is 40.6 Å². The average Bonchev–Trinajstić information content (AvgIpc) is 3.42. The number of nitrogens with zero attached hydrogens (tertiary/aromatic N) is 3. The molecule has 3 aromatic rings. The van der Waals surface area contributed by atoms with Crippen LogP contribution >= 0.6 is 11.3 Å². The number of rotatable bonds is 8. The van der Waals surface area contributed by atoms with Crippen LogP contribution in [0.15, 0.2) is 72.1 Å². The quantitative estimate of drug-likeness (QED) is 0.470. The Hall–Kier alpha value is -3.13. The summed E-state index contributed by atoms with van der Waals surface area (Å²) < 4.78 is 11.4. The fourth-order valence-corrected chi connectivity index (χ4v) is 5.08. The number of hydrogen-bond donors (Lipinski definition) is 0. The molecular weight excluding hydrogens is 458 g/mol. The number of ether oxygens (including phenoxy) is 2. The molecular formula is C28H31N3O3S. The number of piperazine rings is 1. The van der Waals surface area contributed by atoms with E-state index < -0.39 is 0 Å². The average molecular weight is 490 g/mol. The van der Waals surface area contributed by atoms with E-state index in [4.69, 9.17) is 9.47 Å². The van der Waals surface area contributed by atoms with Gasteiger partial charge < -0.3 is 14.4 Å². The second kappa shape index (κ2) is 11.5. The van der Waals surface area contributed by atoms with Crippen LogP contribution in [0.5, 0.6) is 11.5 Å². The highest BCUT2D eigenvalue weighted by atomic mass is 32.1. The smallest absolute Gasteiger partial charge is 0.241 e. The van der Waals surface area contributed by atoms with Crippen molar-refractivity contribution in [2.75, 3.05) is 57.4 Å². The van der Waals surface area contributed by atoms with Gasteiger partial charge in [-0.15, -0.1) is 11.3 Å². The van der Waals surface area contributed by atoms with Crippen molar-refractivity contribution < 1.29 is 14.3 Å².